The molecule has 0 radical (unpaired) electrons. The van der Waals surface area contributed by atoms with Gasteiger partial charge in [-0.2, -0.15) is 0 Å². The third-order valence-electron chi connectivity index (χ3n) is 3.05. The quantitative estimate of drug-likeness (QED) is 0.512. The Morgan fingerprint density at radius 3 is 2.33 bits per heavy atom. The smallest absolute Gasteiger partial charge is 0.0897 e. The van der Waals surface area contributed by atoms with Gasteiger partial charge in [-0.05, 0) is 6.92 Å². The van der Waals surface area contributed by atoms with Crippen LogP contribution in [0.15, 0.2) is 0 Å². The molecular formula is C10H23N3O2. The highest BCUT2D eigenvalue weighted by atomic mass is 16.3. The summed E-state index contributed by atoms with van der Waals surface area (Å²) in [6, 6.07) is 0.440. The molecule has 4 N–H and O–H groups in total. The molecule has 1 fully saturated rings. The van der Waals surface area contributed by atoms with Crippen molar-refractivity contribution >= 4 is 0 Å². The van der Waals surface area contributed by atoms with Gasteiger partial charge in [0.25, 0.3) is 0 Å². The summed E-state index contributed by atoms with van der Waals surface area (Å²) < 4.78 is 0. The first kappa shape index (κ1) is 12.9. The maximum atomic E-state index is 9.31. The second-order valence-electron chi connectivity index (χ2n) is 4.26. The molecule has 0 saturated carbocycles. The van der Waals surface area contributed by atoms with Gasteiger partial charge in [-0.25, -0.2) is 0 Å². The van der Waals surface area contributed by atoms with E-state index in [4.69, 9.17) is 10.8 Å². The van der Waals surface area contributed by atoms with Crippen LogP contribution in [0.25, 0.3) is 0 Å². The Labute approximate surface area is 91.5 Å². The number of β-amino-alcohol motifs (C(OH)–C–C–N with tert-alkyl or cyclic N) is 1. The monoisotopic (exact) mass is 217 g/mol. The second-order valence-corrected chi connectivity index (χ2v) is 4.26. The van der Waals surface area contributed by atoms with Crippen molar-refractivity contribution in [3.63, 3.8) is 0 Å². The fourth-order valence-corrected chi connectivity index (χ4v) is 1.89. The summed E-state index contributed by atoms with van der Waals surface area (Å²) in [5.74, 6) is 0. The maximum absolute atomic E-state index is 9.31. The van der Waals surface area contributed by atoms with Crippen LogP contribution >= 0.6 is 0 Å². The van der Waals surface area contributed by atoms with E-state index in [2.05, 4.69) is 16.7 Å². The van der Waals surface area contributed by atoms with Crippen LogP contribution in [0, 0.1) is 0 Å². The topological polar surface area (TPSA) is 73.0 Å². The number of aliphatic hydroxyl groups excluding tert-OH is 2. The van der Waals surface area contributed by atoms with Crippen molar-refractivity contribution < 1.29 is 10.2 Å². The Morgan fingerprint density at radius 2 is 1.87 bits per heavy atom. The first-order valence-corrected chi connectivity index (χ1v) is 5.62. The Kier molecular flexibility index (Phi) is 5.49. The summed E-state index contributed by atoms with van der Waals surface area (Å²) >= 11 is 0. The number of piperazine rings is 1. The van der Waals surface area contributed by atoms with Crippen molar-refractivity contribution in [3.8, 4) is 0 Å². The van der Waals surface area contributed by atoms with Crippen molar-refractivity contribution in [2.24, 2.45) is 5.73 Å². The third kappa shape index (κ3) is 4.04. The standard InChI is InChI=1S/C10H23N3O2/c1-9(6-11)13-4-2-12(3-5-13)7-10(15)8-14/h9-10,14-15H,2-8,11H2,1H3. The van der Waals surface area contributed by atoms with Gasteiger partial charge >= 0.3 is 0 Å². The van der Waals surface area contributed by atoms with E-state index in [-0.39, 0.29) is 6.61 Å². The number of aliphatic hydroxyl groups is 2. The number of nitrogens with two attached hydrogens (primary N) is 1. The molecule has 0 aromatic carbocycles. The zero-order valence-electron chi connectivity index (χ0n) is 9.47. The number of nitrogens with zero attached hydrogens (tertiary/aromatic N) is 2. The molecular weight excluding hydrogens is 194 g/mol. The van der Waals surface area contributed by atoms with Crippen LogP contribution in [0.5, 0.6) is 0 Å². The van der Waals surface area contributed by atoms with Gasteiger partial charge in [-0.3, -0.25) is 9.80 Å². The maximum Gasteiger partial charge on any atom is 0.0897 e. The summed E-state index contributed by atoms with van der Waals surface area (Å²) in [4.78, 5) is 4.54. The molecule has 1 saturated heterocycles. The lowest BCUT2D eigenvalue weighted by molar-refractivity contribution is 0.0334. The van der Waals surface area contributed by atoms with Crippen LogP contribution < -0.4 is 5.73 Å². The lowest BCUT2D eigenvalue weighted by Crippen LogP contribution is -2.52. The van der Waals surface area contributed by atoms with Crippen LogP contribution in [-0.2, 0) is 0 Å². The van der Waals surface area contributed by atoms with Crippen molar-refractivity contribution in [3.05, 3.63) is 0 Å². The summed E-state index contributed by atoms with van der Waals surface area (Å²) in [5, 5.41) is 18.0. The predicted octanol–water partition coefficient (Wildman–Crippen LogP) is -1.70. The van der Waals surface area contributed by atoms with Gasteiger partial charge < -0.3 is 15.9 Å². The van der Waals surface area contributed by atoms with E-state index in [0.717, 1.165) is 26.2 Å². The average Bonchev–Trinajstić information content (AvgIpc) is 2.29. The Bertz CT molecular complexity index is 172. The fourth-order valence-electron chi connectivity index (χ4n) is 1.89. The Hall–Kier alpha value is -0.200. The molecule has 0 spiro atoms. The zero-order valence-corrected chi connectivity index (χ0v) is 9.47. The van der Waals surface area contributed by atoms with E-state index in [1.807, 2.05) is 0 Å². The lowest BCUT2D eigenvalue weighted by Gasteiger charge is -2.38. The molecule has 5 heteroatoms. The summed E-state index contributed by atoms with van der Waals surface area (Å²) in [6.45, 7) is 7.13. The van der Waals surface area contributed by atoms with Gasteiger partial charge in [-0.1, -0.05) is 0 Å². The minimum absolute atomic E-state index is 0.153. The largest absolute Gasteiger partial charge is 0.394 e. The average molecular weight is 217 g/mol. The van der Waals surface area contributed by atoms with Crippen LogP contribution in [0.2, 0.25) is 0 Å². The molecule has 0 aromatic heterocycles. The second kappa shape index (κ2) is 6.40. The van der Waals surface area contributed by atoms with Crippen molar-refractivity contribution in [2.45, 2.75) is 19.1 Å². The number of hydrogen-bond donors (Lipinski definition) is 3. The molecule has 1 heterocycles. The van der Waals surface area contributed by atoms with Crippen LogP contribution in [0.4, 0.5) is 0 Å². The van der Waals surface area contributed by atoms with Gasteiger partial charge in [0.1, 0.15) is 0 Å². The van der Waals surface area contributed by atoms with Gasteiger partial charge in [0.15, 0.2) is 0 Å². The number of rotatable bonds is 5. The van der Waals surface area contributed by atoms with E-state index >= 15 is 0 Å². The predicted molar refractivity (Wildman–Crippen MR) is 59.6 cm³/mol. The van der Waals surface area contributed by atoms with E-state index in [0.29, 0.717) is 19.1 Å². The molecule has 1 aliphatic rings. The summed E-state index contributed by atoms with van der Waals surface area (Å²) in [5.41, 5.74) is 5.61. The summed E-state index contributed by atoms with van der Waals surface area (Å²) in [6.07, 6.45) is -0.608. The molecule has 2 unspecified atom stereocenters. The fraction of sp³-hybridized carbons (Fsp3) is 1.00. The van der Waals surface area contributed by atoms with Gasteiger partial charge in [0, 0.05) is 45.3 Å². The van der Waals surface area contributed by atoms with Crippen molar-refractivity contribution in [1.29, 1.82) is 0 Å². The highest BCUT2D eigenvalue weighted by molar-refractivity contribution is 4.77. The molecule has 2 atom stereocenters. The highest BCUT2D eigenvalue weighted by Crippen LogP contribution is 2.05. The molecule has 1 aliphatic heterocycles. The van der Waals surface area contributed by atoms with E-state index < -0.39 is 6.10 Å². The Morgan fingerprint density at radius 1 is 1.27 bits per heavy atom. The van der Waals surface area contributed by atoms with Crippen molar-refractivity contribution in [1.82, 2.24) is 9.80 Å². The molecule has 15 heavy (non-hydrogen) atoms. The Balaban J connectivity index is 2.23. The van der Waals surface area contributed by atoms with Gasteiger partial charge in [-0.15, -0.1) is 0 Å². The SMILES string of the molecule is CC(CN)N1CCN(CC(O)CO)CC1. The minimum Gasteiger partial charge on any atom is -0.394 e. The zero-order chi connectivity index (χ0) is 11.3. The first-order chi connectivity index (χ1) is 7.17. The molecule has 90 valence electrons. The molecule has 5 nitrogen and oxygen atoms in total. The molecule has 0 amide bonds. The van der Waals surface area contributed by atoms with E-state index in [1.165, 1.54) is 0 Å². The molecule has 0 aromatic rings. The van der Waals surface area contributed by atoms with Crippen LogP contribution in [0.3, 0.4) is 0 Å². The highest BCUT2D eigenvalue weighted by Gasteiger charge is 2.21. The minimum atomic E-state index is -0.608. The van der Waals surface area contributed by atoms with Gasteiger partial charge in [0.05, 0.1) is 12.7 Å². The van der Waals surface area contributed by atoms with Gasteiger partial charge in [0.2, 0.25) is 0 Å². The molecule has 1 rings (SSSR count). The van der Waals surface area contributed by atoms with E-state index in [9.17, 15) is 5.11 Å². The van der Waals surface area contributed by atoms with Crippen molar-refractivity contribution in [2.75, 3.05) is 45.9 Å². The molecule has 0 aliphatic carbocycles. The number of hydrogen-bond acceptors (Lipinski definition) is 5. The van der Waals surface area contributed by atoms with Crippen LogP contribution in [-0.4, -0.2) is 78.0 Å². The third-order valence-corrected chi connectivity index (χ3v) is 3.05. The first-order valence-electron chi connectivity index (χ1n) is 5.62. The normalized spacial score (nSPS) is 24.0. The lowest BCUT2D eigenvalue weighted by atomic mass is 10.2. The molecule has 0 bridgehead atoms. The van der Waals surface area contributed by atoms with Crippen LogP contribution in [0.1, 0.15) is 6.92 Å². The summed E-state index contributed by atoms with van der Waals surface area (Å²) in [7, 11) is 0. The van der Waals surface area contributed by atoms with E-state index in [1.54, 1.807) is 0 Å².